The minimum atomic E-state index is -0.958. The van der Waals surface area contributed by atoms with Crippen LogP contribution in [-0.4, -0.2) is 48.2 Å². The first-order chi connectivity index (χ1) is 15.9. The lowest BCUT2D eigenvalue weighted by Gasteiger charge is -2.25. The van der Waals surface area contributed by atoms with Crippen LogP contribution in [0.1, 0.15) is 35.0 Å². The molecule has 0 radical (unpaired) electrons. The number of nitrogen functional groups attached to an aromatic ring is 1. The van der Waals surface area contributed by atoms with Crippen molar-refractivity contribution in [1.29, 1.82) is 0 Å². The lowest BCUT2D eigenvalue weighted by atomic mass is 10.1. The Hall–Kier alpha value is -3.17. The van der Waals surface area contributed by atoms with E-state index >= 15 is 0 Å². The molecule has 1 aliphatic rings. The number of ether oxygens (including phenoxy) is 2. The summed E-state index contributed by atoms with van der Waals surface area (Å²) in [7, 11) is 3.06. The maximum atomic E-state index is 14.5. The summed E-state index contributed by atoms with van der Waals surface area (Å²) in [6.45, 7) is 0.538. The van der Waals surface area contributed by atoms with Crippen molar-refractivity contribution in [3.8, 4) is 21.9 Å². The van der Waals surface area contributed by atoms with Crippen LogP contribution >= 0.6 is 11.3 Å². The molecular formula is C24H26FN3O4S. The molecule has 1 aliphatic carbocycles. The van der Waals surface area contributed by atoms with Gasteiger partial charge in [0.2, 0.25) is 0 Å². The molecule has 3 aromatic rings. The molecule has 2 aromatic carbocycles. The molecule has 1 amide bonds. The third kappa shape index (κ3) is 5.09. The van der Waals surface area contributed by atoms with Gasteiger partial charge < -0.3 is 25.2 Å². The van der Waals surface area contributed by atoms with Crippen LogP contribution in [0.25, 0.3) is 10.4 Å². The number of nitrogens with zero attached hydrogens (tertiary/aromatic N) is 2. The Bertz CT molecular complexity index is 1150. The summed E-state index contributed by atoms with van der Waals surface area (Å²) in [4.78, 5) is 19.7. The molecule has 1 aromatic heterocycles. The van der Waals surface area contributed by atoms with Crippen molar-refractivity contribution in [1.82, 2.24) is 9.88 Å². The number of amides is 1. The Morgan fingerprint density at radius 2 is 1.97 bits per heavy atom. The summed E-state index contributed by atoms with van der Waals surface area (Å²) >= 11 is 1.07. The topological polar surface area (TPSA) is 97.9 Å². The SMILES string of the molecule is COc1ccc(C(O)CN(CC2CC2)C(=O)c2nc(N)sc2-c2ccccc2F)cc1OC. The second-order valence-electron chi connectivity index (χ2n) is 7.99. The Morgan fingerprint density at radius 1 is 1.24 bits per heavy atom. The number of thiazole rings is 1. The normalized spacial score (nSPS) is 14.1. The number of hydrogen-bond acceptors (Lipinski definition) is 7. The van der Waals surface area contributed by atoms with Crippen molar-refractivity contribution < 1.29 is 23.8 Å². The second kappa shape index (κ2) is 9.76. The van der Waals surface area contributed by atoms with Gasteiger partial charge in [0.25, 0.3) is 5.91 Å². The molecule has 1 unspecified atom stereocenters. The fourth-order valence-electron chi connectivity index (χ4n) is 3.69. The predicted octanol–water partition coefficient (Wildman–Crippen LogP) is 4.13. The number of methoxy groups -OCH3 is 2. The first kappa shape index (κ1) is 23.0. The van der Waals surface area contributed by atoms with E-state index in [2.05, 4.69) is 4.98 Å². The van der Waals surface area contributed by atoms with Gasteiger partial charge in [0, 0.05) is 12.1 Å². The van der Waals surface area contributed by atoms with Gasteiger partial charge in [-0.1, -0.05) is 35.6 Å². The van der Waals surface area contributed by atoms with Gasteiger partial charge in [0.05, 0.1) is 31.7 Å². The van der Waals surface area contributed by atoms with Crippen molar-refractivity contribution in [3.05, 3.63) is 59.5 Å². The average molecular weight is 472 g/mol. The molecule has 7 nitrogen and oxygen atoms in total. The highest BCUT2D eigenvalue weighted by Crippen LogP contribution is 2.36. The highest BCUT2D eigenvalue weighted by molar-refractivity contribution is 7.19. The summed E-state index contributed by atoms with van der Waals surface area (Å²) in [6.07, 6.45) is 1.09. The van der Waals surface area contributed by atoms with Gasteiger partial charge >= 0.3 is 0 Å². The van der Waals surface area contributed by atoms with Crippen molar-refractivity contribution in [2.24, 2.45) is 5.92 Å². The van der Waals surface area contributed by atoms with Crippen LogP contribution in [-0.2, 0) is 0 Å². The number of anilines is 1. The lowest BCUT2D eigenvalue weighted by Crippen LogP contribution is -2.37. The molecule has 0 aliphatic heterocycles. The predicted molar refractivity (Wildman–Crippen MR) is 125 cm³/mol. The number of rotatable bonds is 9. The Morgan fingerprint density at radius 3 is 2.64 bits per heavy atom. The zero-order valence-corrected chi connectivity index (χ0v) is 19.3. The van der Waals surface area contributed by atoms with Gasteiger partial charge in [-0.25, -0.2) is 9.37 Å². The second-order valence-corrected chi connectivity index (χ2v) is 9.02. The van der Waals surface area contributed by atoms with Crippen molar-refractivity contribution >= 4 is 22.4 Å². The maximum absolute atomic E-state index is 14.5. The number of carbonyl (C=O) groups is 1. The van der Waals surface area contributed by atoms with Crippen molar-refractivity contribution in [2.45, 2.75) is 18.9 Å². The summed E-state index contributed by atoms with van der Waals surface area (Å²) in [6, 6.07) is 11.4. The molecular weight excluding hydrogens is 445 g/mol. The first-order valence-electron chi connectivity index (χ1n) is 10.6. The minimum absolute atomic E-state index is 0.0545. The summed E-state index contributed by atoms with van der Waals surface area (Å²) in [5.41, 5.74) is 6.88. The Balaban J connectivity index is 1.62. The molecule has 174 valence electrons. The molecule has 33 heavy (non-hydrogen) atoms. The van der Waals surface area contributed by atoms with E-state index < -0.39 is 11.9 Å². The van der Waals surface area contributed by atoms with Crippen LogP contribution in [0.15, 0.2) is 42.5 Å². The third-order valence-electron chi connectivity index (χ3n) is 5.61. The van der Waals surface area contributed by atoms with Crippen LogP contribution in [0, 0.1) is 11.7 Å². The van der Waals surface area contributed by atoms with Gasteiger partial charge in [-0.15, -0.1) is 0 Å². The third-order valence-corrected chi connectivity index (χ3v) is 6.53. The zero-order chi connectivity index (χ0) is 23.5. The molecule has 1 fully saturated rings. The Kier molecular flexibility index (Phi) is 6.80. The number of halogens is 1. The number of aromatic nitrogens is 1. The molecule has 1 heterocycles. The highest BCUT2D eigenvalue weighted by atomic mass is 32.1. The lowest BCUT2D eigenvalue weighted by molar-refractivity contribution is 0.0606. The van der Waals surface area contributed by atoms with Crippen LogP contribution in [0.5, 0.6) is 11.5 Å². The molecule has 0 bridgehead atoms. The smallest absolute Gasteiger partial charge is 0.274 e. The number of benzene rings is 2. The number of aliphatic hydroxyl groups excluding tert-OH is 1. The molecule has 0 spiro atoms. The van der Waals surface area contributed by atoms with E-state index in [1.165, 1.54) is 20.3 Å². The number of nitrogens with two attached hydrogens (primary N) is 1. The summed E-state index contributed by atoms with van der Waals surface area (Å²) in [5.74, 6) is 0.580. The molecule has 4 rings (SSSR count). The molecule has 1 saturated carbocycles. The number of aliphatic hydroxyl groups is 1. The van der Waals surface area contributed by atoms with E-state index in [1.54, 1.807) is 41.3 Å². The van der Waals surface area contributed by atoms with E-state index in [-0.39, 0.29) is 28.8 Å². The van der Waals surface area contributed by atoms with E-state index in [4.69, 9.17) is 15.2 Å². The fraction of sp³-hybridized carbons (Fsp3) is 0.333. The van der Waals surface area contributed by atoms with Gasteiger partial charge in [0.1, 0.15) is 11.5 Å². The Labute approximate surface area is 195 Å². The highest BCUT2D eigenvalue weighted by Gasteiger charge is 2.32. The van der Waals surface area contributed by atoms with Gasteiger partial charge in [-0.2, -0.15) is 0 Å². The van der Waals surface area contributed by atoms with Crippen LogP contribution in [0.2, 0.25) is 0 Å². The number of hydrogen-bond donors (Lipinski definition) is 2. The molecule has 9 heteroatoms. The standard InChI is InChI=1S/C24H26FN3O4S/c1-31-19-10-9-15(11-20(19)32-2)18(29)13-28(12-14-7-8-14)23(30)21-22(33-24(26)27-21)16-5-3-4-6-17(16)25/h3-6,9-11,14,18,29H,7-8,12-13H2,1-2H3,(H2,26,27). The fourth-order valence-corrected chi connectivity index (χ4v) is 4.54. The van der Waals surface area contributed by atoms with Crippen LogP contribution in [0.3, 0.4) is 0 Å². The van der Waals surface area contributed by atoms with E-state index in [0.717, 1.165) is 24.2 Å². The molecule has 1 atom stereocenters. The largest absolute Gasteiger partial charge is 0.493 e. The quantitative estimate of drug-likeness (QED) is 0.487. The van der Waals surface area contributed by atoms with Gasteiger partial charge in [-0.3, -0.25) is 4.79 Å². The van der Waals surface area contributed by atoms with Crippen LogP contribution in [0.4, 0.5) is 9.52 Å². The molecule has 0 saturated heterocycles. The van der Waals surface area contributed by atoms with Crippen LogP contribution < -0.4 is 15.2 Å². The van der Waals surface area contributed by atoms with Crippen molar-refractivity contribution in [3.63, 3.8) is 0 Å². The monoisotopic (exact) mass is 471 g/mol. The van der Waals surface area contributed by atoms with E-state index in [0.29, 0.717) is 34.4 Å². The van der Waals surface area contributed by atoms with E-state index in [9.17, 15) is 14.3 Å². The van der Waals surface area contributed by atoms with E-state index in [1.807, 2.05) is 0 Å². The average Bonchev–Trinajstić information content (AvgIpc) is 3.56. The van der Waals surface area contributed by atoms with Gasteiger partial charge in [-0.05, 0) is 42.5 Å². The van der Waals surface area contributed by atoms with Gasteiger partial charge in [0.15, 0.2) is 16.6 Å². The number of carbonyl (C=O) groups excluding carboxylic acids is 1. The summed E-state index contributed by atoms with van der Waals surface area (Å²) in [5, 5.41) is 11.1. The molecule has 3 N–H and O–H groups in total. The summed E-state index contributed by atoms with van der Waals surface area (Å²) < 4.78 is 25.0. The maximum Gasteiger partial charge on any atom is 0.274 e. The minimum Gasteiger partial charge on any atom is -0.493 e. The van der Waals surface area contributed by atoms with Crippen molar-refractivity contribution in [2.75, 3.05) is 33.0 Å². The zero-order valence-electron chi connectivity index (χ0n) is 18.5. The first-order valence-corrected chi connectivity index (χ1v) is 11.4.